The molecule has 4 rings (SSSR count). The molecule has 1 aliphatic heterocycles. The predicted molar refractivity (Wildman–Crippen MR) is 97.4 cm³/mol. The molecule has 1 amide bonds. The van der Waals surface area contributed by atoms with E-state index in [0.29, 0.717) is 18.7 Å². The lowest BCUT2D eigenvalue weighted by Crippen LogP contribution is -2.48. The highest BCUT2D eigenvalue weighted by Crippen LogP contribution is 2.44. The van der Waals surface area contributed by atoms with Crippen molar-refractivity contribution in [3.05, 3.63) is 52.8 Å². The Morgan fingerprint density at radius 2 is 2.11 bits per heavy atom. The summed E-state index contributed by atoms with van der Waals surface area (Å²) in [4.78, 5) is 23.1. The Morgan fingerprint density at radius 3 is 2.89 bits per heavy atom. The first kappa shape index (κ1) is 18.7. The smallest absolute Gasteiger partial charge is 0.368 e. The second-order valence-corrected chi connectivity index (χ2v) is 7.68. The highest BCUT2D eigenvalue weighted by molar-refractivity contribution is 5.79. The number of alkyl halides is 3. The quantitative estimate of drug-likeness (QED) is 0.855. The van der Waals surface area contributed by atoms with Crippen molar-refractivity contribution < 1.29 is 18.0 Å². The number of hydrogen-bond donors (Lipinski definition) is 1. The molecule has 1 fully saturated rings. The van der Waals surface area contributed by atoms with E-state index in [2.05, 4.69) is 9.97 Å². The van der Waals surface area contributed by atoms with Crippen LogP contribution in [0.3, 0.4) is 0 Å². The zero-order valence-electron chi connectivity index (χ0n) is 15.3. The molecule has 5 nitrogen and oxygen atoms in total. The first-order chi connectivity index (χ1) is 13.3. The molecular formula is C20H21F3N4O. The third kappa shape index (κ3) is 3.43. The number of anilines is 1. The number of fused-ring (bicyclic) bond motifs is 2. The van der Waals surface area contributed by atoms with Gasteiger partial charge >= 0.3 is 6.18 Å². The fraction of sp³-hybridized carbons (Fsp3) is 0.450. The Hall–Kier alpha value is -2.64. The van der Waals surface area contributed by atoms with Crippen LogP contribution in [0.1, 0.15) is 41.6 Å². The third-order valence-corrected chi connectivity index (χ3v) is 5.80. The summed E-state index contributed by atoms with van der Waals surface area (Å²) in [6, 6.07) is 4.97. The molecule has 2 aliphatic rings. The Bertz CT molecular complexity index is 911. The van der Waals surface area contributed by atoms with Gasteiger partial charge in [-0.15, -0.1) is 0 Å². The molecule has 1 aliphatic carbocycles. The van der Waals surface area contributed by atoms with Gasteiger partial charge in [0.1, 0.15) is 0 Å². The SMILES string of the molecule is Nc1ncc2c(n1)C1(CCCN(C(=O)Cc3cccc(C(F)(F)F)c3)C1)CC2. The van der Waals surface area contributed by atoms with Crippen molar-refractivity contribution in [3.8, 4) is 0 Å². The average molecular weight is 390 g/mol. The predicted octanol–water partition coefficient (Wildman–Crippen LogP) is 3.13. The molecule has 2 N–H and O–H groups in total. The molecule has 0 radical (unpaired) electrons. The number of halogens is 3. The minimum atomic E-state index is -4.42. The number of aromatic nitrogens is 2. The van der Waals surface area contributed by atoms with Crippen molar-refractivity contribution in [2.45, 2.75) is 43.7 Å². The van der Waals surface area contributed by atoms with Crippen LogP contribution < -0.4 is 5.73 Å². The van der Waals surface area contributed by atoms with E-state index in [9.17, 15) is 18.0 Å². The molecule has 1 unspecified atom stereocenters. The summed E-state index contributed by atoms with van der Waals surface area (Å²) >= 11 is 0. The summed E-state index contributed by atoms with van der Waals surface area (Å²) in [6.45, 7) is 1.13. The molecule has 0 saturated carbocycles. The summed E-state index contributed by atoms with van der Waals surface area (Å²) in [5.41, 5.74) is 7.18. The Morgan fingerprint density at radius 1 is 1.29 bits per heavy atom. The second kappa shape index (κ2) is 6.76. The van der Waals surface area contributed by atoms with Crippen molar-refractivity contribution in [3.63, 3.8) is 0 Å². The molecule has 8 heteroatoms. The van der Waals surface area contributed by atoms with Crippen LogP contribution in [0.2, 0.25) is 0 Å². The highest BCUT2D eigenvalue weighted by atomic mass is 19.4. The van der Waals surface area contributed by atoms with E-state index in [4.69, 9.17) is 5.73 Å². The van der Waals surface area contributed by atoms with Crippen molar-refractivity contribution in [1.29, 1.82) is 0 Å². The minimum absolute atomic E-state index is 0.0429. The summed E-state index contributed by atoms with van der Waals surface area (Å²) < 4.78 is 38.7. The summed E-state index contributed by atoms with van der Waals surface area (Å²) in [5.74, 6) is 0.0707. The van der Waals surface area contributed by atoms with Crippen molar-refractivity contribution >= 4 is 11.9 Å². The van der Waals surface area contributed by atoms with Gasteiger partial charge in [0.2, 0.25) is 11.9 Å². The number of amides is 1. The zero-order valence-corrected chi connectivity index (χ0v) is 15.3. The molecule has 1 atom stereocenters. The van der Waals surface area contributed by atoms with Gasteiger partial charge in [-0.1, -0.05) is 18.2 Å². The Balaban J connectivity index is 1.52. The lowest BCUT2D eigenvalue weighted by Gasteiger charge is -2.40. The fourth-order valence-corrected chi connectivity index (χ4v) is 4.44. The maximum absolute atomic E-state index is 12.9. The molecule has 1 saturated heterocycles. The molecule has 148 valence electrons. The van der Waals surface area contributed by atoms with Gasteiger partial charge in [-0.3, -0.25) is 4.79 Å². The number of rotatable bonds is 2. The number of aryl methyl sites for hydroxylation is 1. The van der Waals surface area contributed by atoms with Crippen molar-refractivity contribution in [2.75, 3.05) is 18.8 Å². The van der Waals surface area contributed by atoms with Gasteiger partial charge in [-0.25, -0.2) is 9.97 Å². The van der Waals surface area contributed by atoms with Crippen LogP contribution in [0.4, 0.5) is 19.1 Å². The normalized spacial score (nSPS) is 21.8. The van der Waals surface area contributed by atoms with Gasteiger partial charge in [-0.2, -0.15) is 13.2 Å². The van der Waals surface area contributed by atoms with E-state index in [0.717, 1.165) is 49.1 Å². The molecule has 2 heterocycles. The summed E-state index contributed by atoms with van der Waals surface area (Å²) in [6.07, 6.45) is 0.788. The number of benzene rings is 1. The largest absolute Gasteiger partial charge is 0.416 e. The monoisotopic (exact) mass is 390 g/mol. The Labute approximate surface area is 160 Å². The number of nitrogen functional groups attached to an aromatic ring is 1. The highest BCUT2D eigenvalue weighted by Gasteiger charge is 2.44. The van der Waals surface area contributed by atoms with Crippen molar-refractivity contribution in [2.24, 2.45) is 0 Å². The average Bonchev–Trinajstić information content (AvgIpc) is 2.98. The van der Waals surface area contributed by atoms with Crippen molar-refractivity contribution in [1.82, 2.24) is 14.9 Å². The van der Waals surface area contributed by atoms with Crippen LogP contribution in [0.5, 0.6) is 0 Å². The number of likely N-dealkylation sites (tertiary alicyclic amines) is 1. The number of nitrogens with two attached hydrogens (primary N) is 1. The van der Waals surface area contributed by atoms with Crippen LogP contribution in [-0.4, -0.2) is 33.9 Å². The second-order valence-electron chi connectivity index (χ2n) is 7.68. The maximum Gasteiger partial charge on any atom is 0.416 e. The number of carbonyl (C=O) groups is 1. The minimum Gasteiger partial charge on any atom is -0.368 e. The first-order valence-electron chi connectivity index (χ1n) is 9.33. The topological polar surface area (TPSA) is 72.1 Å². The van der Waals surface area contributed by atoms with Gasteiger partial charge in [0.25, 0.3) is 0 Å². The summed E-state index contributed by atoms with van der Waals surface area (Å²) in [5, 5.41) is 0. The van der Waals surface area contributed by atoms with E-state index < -0.39 is 11.7 Å². The number of carbonyl (C=O) groups excluding carboxylic acids is 1. The van der Waals surface area contributed by atoms with Crippen LogP contribution in [0.15, 0.2) is 30.5 Å². The van der Waals surface area contributed by atoms with E-state index in [1.54, 1.807) is 17.2 Å². The van der Waals surface area contributed by atoms with E-state index >= 15 is 0 Å². The molecule has 28 heavy (non-hydrogen) atoms. The third-order valence-electron chi connectivity index (χ3n) is 5.80. The van der Waals surface area contributed by atoms with Gasteiger partial charge in [-0.05, 0) is 42.9 Å². The van der Waals surface area contributed by atoms with Crippen LogP contribution in [0, 0.1) is 0 Å². The molecule has 1 aromatic heterocycles. The maximum atomic E-state index is 12.9. The Kier molecular flexibility index (Phi) is 4.51. The van der Waals surface area contributed by atoms with Gasteiger partial charge in [0.05, 0.1) is 17.7 Å². The zero-order chi connectivity index (χ0) is 19.9. The number of hydrogen-bond acceptors (Lipinski definition) is 4. The molecule has 0 bridgehead atoms. The standard InChI is InChI=1S/C20H21F3N4O/c21-20(22,23)15-4-1-3-13(9-15)10-16(28)27-8-2-6-19(12-27)7-5-14-11-25-18(24)26-17(14)19/h1,3-4,9,11H,2,5-8,10,12H2,(H2,24,25,26). The molecule has 2 aromatic rings. The van der Waals surface area contributed by atoms with Gasteiger partial charge in [0, 0.05) is 24.7 Å². The van der Waals surface area contributed by atoms with Gasteiger partial charge < -0.3 is 10.6 Å². The molecule has 1 aromatic carbocycles. The van der Waals surface area contributed by atoms with E-state index in [1.165, 1.54) is 6.07 Å². The lowest BCUT2D eigenvalue weighted by atomic mass is 9.77. The van der Waals surface area contributed by atoms with Crippen LogP contribution >= 0.6 is 0 Å². The van der Waals surface area contributed by atoms with Crippen LogP contribution in [0.25, 0.3) is 0 Å². The molecule has 1 spiro atoms. The molecular weight excluding hydrogens is 369 g/mol. The fourth-order valence-electron chi connectivity index (χ4n) is 4.44. The van der Waals surface area contributed by atoms with Crippen LogP contribution in [-0.2, 0) is 29.2 Å². The van der Waals surface area contributed by atoms with E-state index in [-0.39, 0.29) is 23.7 Å². The lowest BCUT2D eigenvalue weighted by molar-refractivity contribution is -0.138. The number of nitrogens with zero attached hydrogens (tertiary/aromatic N) is 3. The summed E-state index contributed by atoms with van der Waals surface area (Å²) in [7, 11) is 0. The van der Waals surface area contributed by atoms with Gasteiger partial charge in [0.15, 0.2) is 0 Å². The number of piperidine rings is 1. The first-order valence-corrected chi connectivity index (χ1v) is 9.33. The van der Waals surface area contributed by atoms with E-state index in [1.807, 2.05) is 0 Å².